The zero-order valence-corrected chi connectivity index (χ0v) is 20.3. The van der Waals surface area contributed by atoms with Gasteiger partial charge in [0.2, 0.25) is 0 Å². The van der Waals surface area contributed by atoms with Crippen molar-refractivity contribution < 1.29 is 56.2 Å². The van der Waals surface area contributed by atoms with Crippen molar-refractivity contribution in [2.45, 2.75) is 7.86 Å². The van der Waals surface area contributed by atoms with E-state index < -0.39 is 46.7 Å². The molecule has 0 aliphatic carbocycles. The van der Waals surface area contributed by atoms with Crippen LogP contribution in [-0.4, -0.2) is 27.4 Å². The molecule has 2 nitrogen and oxygen atoms in total. The van der Waals surface area contributed by atoms with Crippen LogP contribution in [0, 0.1) is 0 Å². The van der Waals surface area contributed by atoms with E-state index in [1.54, 1.807) is 14.2 Å². The summed E-state index contributed by atoms with van der Waals surface area (Å²) in [6.07, 6.45) is 0. The van der Waals surface area contributed by atoms with E-state index in [9.17, 15) is 0 Å². The second-order valence-electron chi connectivity index (χ2n) is 2.07. The van der Waals surface area contributed by atoms with Crippen LogP contribution in [0.15, 0.2) is 0 Å². The average molecular weight is 590 g/mol. The molecule has 12 heavy (non-hydrogen) atoms. The Morgan fingerprint density at radius 1 is 0.917 bits per heavy atom. The Morgan fingerprint density at radius 2 is 1.25 bits per heavy atom. The van der Waals surface area contributed by atoms with Crippen LogP contribution in [0.2, 0.25) is 7.86 Å². The van der Waals surface area contributed by atoms with Gasteiger partial charge in [0.1, 0.15) is 0 Å². The molecule has 0 bridgehead atoms. The molecular formula is C6H14Cl2Hg2O2. The molecule has 0 saturated heterocycles. The summed E-state index contributed by atoms with van der Waals surface area (Å²) in [7, 11) is 14.5. The third-order valence-electron chi connectivity index (χ3n) is 0.964. The van der Waals surface area contributed by atoms with Gasteiger partial charge in [-0.2, -0.15) is 0 Å². The van der Waals surface area contributed by atoms with Crippen molar-refractivity contribution in [1.82, 2.24) is 0 Å². The summed E-state index contributed by atoms with van der Waals surface area (Å²) in [5.74, 6) is 0. The van der Waals surface area contributed by atoms with E-state index >= 15 is 0 Å². The summed E-state index contributed by atoms with van der Waals surface area (Å²) in [6.45, 7) is 1.76. The van der Waals surface area contributed by atoms with Gasteiger partial charge >= 0.3 is 108 Å². The minimum atomic E-state index is -0.821. The van der Waals surface area contributed by atoms with Gasteiger partial charge in [0.25, 0.3) is 0 Å². The van der Waals surface area contributed by atoms with Gasteiger partial charge in [-0.15, -0.1) is 0 Å². The zero-order valence-electron chi connectivity index (χ0n) is 7.82. The number of halogens is 2. The number of hydrogen-bond donors (Lipinski definition) is 0. The van der Waals surface area contributed by atoms with E-state index in [0.717, 1.165) is 13.2 Å². The molecule has 68 valence electrons. The van der Waals surface area contributed by atoms with Gasteiger partial charge < -0.3 is 0 Å². The molecule has 0 amide bonds. The normalized spacial score (nSPS) is 7.67. The summed E-state index contributed by atoms with van der Waals surface area (Å²) in [4.78, 5) is 0. The molecule has 0 aliphatic heterocycles. The predicted molar refractivity (Wildman–Crippen MR) is 45.1 cm³/mol. The summed E-state index contributed by atoms with van der Waals surface area (Å²) in [5.41, 5.74) is 0. The molecule has 0 aromatic carbocycles. The fraction of sp³-hybridized carbons (Fsp3) is 1.00. The van der Waals surface area contributed by atoms with Crippen molar-refractivity contribution in [3.05, 3.63) is 0 Å². The van der Waals surface area contributed by atoms with E-state index in [2.05, 4.69) is 0 Å². The quantitative estimate of drug-likeness (QED) is 0.350. The monoisotopic (exact) mass is 592 g/mol. The van der Waals surface area contributed by atoms with Crippen LogP contribution in [0.4, 0.5) is 0 Å². The van der Waals surface area contributed by atoms with Gasteiger partial charge in [-0.1, -0.05) is 0 Å². The number of ether oxygens (including phenoxy) is 2. The number of hydrogen-bond acceptors (Lipinski definition) is 2. The first-order valence-corrected chi connectivity index (χ1v) is 25.2. The van der Waals surface area contributed by atoms with Crippen molar-refractivity contribution in [3.63, 3.8) is 0 Å². The standard InChI is InChI=1S/2C3H7O.2ClH.2Hg/c2*1-3-4-2;;;;/h2*1,3H2,2H3;2*1H;;/q;;;;2*+1/p-2. The van der Waals surface area contributed by atoms with Gasteiger partial charge in [0.15, 0.2) is 0 Å². The molecule has 0 aromatic heterocycles. The first kappa shape index (κ1) is 16.8. The van der Waals surface area contributed by atoms with Crippen molar-refractivity contribution >= 4 is 16.5 Å². The molecule has 6 heteroatoms. The van der Waals surface area contributed by atoms with Crippen molar-refractivity contribution in [3.8, 4) is 0 Å². The second-order valence-corrected chi connectivity index (χ2v) is 17.1. The minimum absolute atomic E-state index is 0.821. The van der Waals surface area contributed by atoms with Crippen LogP contribution >= 0.6 is 16.5 Å². The van der Waals surface area contributed by atoms with Gasteiger partial charge in [0.05, 0.1) is 0 Å². The Morgan fingerprint density at radius 3 is 1.33 bits per heavy atom. The average Bonchev–Trinajstić information content (AvgIpc) is 2.12. The fourth-order valence-electron chi connectivity index (χ4n) is 0.398. The van der Waals surface area contributed by atoms with Crippen LogP contribution < -0.4 is 0 Å². The first-order valence-electron chi connectivity index (χ1n) is 3.93. The van der Waals surface area contributed by atoms with E-state index in [1.165, 1.54) is 7.86 Å². The van der Waals surface area contributed by atoms with Gasteiger partial charge in [-0.25, -0.2) is 0 Å². The van der Waals surface area contributed by atoms with Gasteiger partial charge in [-0.05, 0) is 0 Å². The molecule has 0 fully saturated rings. The maximum absolute atomic E-state index is 5.52. The summed E-state index contributed by atoms with van der Waals surface area (Å²) in [5, 5.41) is 0. The Bertz CT molecular complexity index is 53.5. The Balaban J connectivity index is 0. The Kier molecular flexibility index (Phi) is 26.6. The molecule has 0 unspecified atom stereocenters. The summed E-state index contributed by atoms with van der Waals surface area (Å²) in [6, 6.07) is 0. The zero-order chi connectivity index (χ0) is 9.66. The van der Waals surface area contributed by atoms with Crippen LogP contribution in [0.3, 0.4) is 0 Å². The van der Waals surface area contributed by atoms with E-state index in [4.69, 9.17) is 26.0 Å². The summed E-state index contributed by atoms with van der Waals surface area (Å²) >= 11 is -1.64. The van der Waals surface area contributed by atoms with Crippen molar-refractivity contribution in [2.75, 3.05) is 27.4 Å². The first-order chi connectivity index (χ1) is 5.83. The van der Waals surface area contributed by atoms with Crippen molar-refractivity contribution in [2.24, 2.45) is 0 Å². The third kappa shape index (κ3) is 22.8. The predicted octanol–water partition coefficient (Wildman–Crippen LogP) is 2.57. The van der Waals surface area contributed by atoms with Gasteiger partial charge in [0, 0.05) is 0 Å². The van der Waals surface area contributed by atoms with Crippen LogP contribution in [0.1, 0.15) is 0 Å². The Labute approximate surface area is 106 Å². The van der Waals surface area contributed by atoms with Crippen LogP contribution in [0.5, 0.6) is 0 Å². The SMILES string of the molecule is COC[CH2][Hg][Cl].COC[CH2][Hg][Cl]. The second kappa shape index (κ2) is 19.0. The maximum atomic E-state index is 5.52. The molecule has 0 aromatic rings. The molecular weight excluding hydrogens is 576 g/mol. The summed E-state index contributed by atoms with van der Waals surface area (Å²) < 4.78 is 11.9. The van der Waals surface area contributed by atoms with Crippen LogP contribution in [0.25, 0.3) is 0 Å². The fourth-order valence-corrected chi connectivity index (χ4v) is 5.41. The third-order valence-corrected chi connectivity index (χ3v) is 9.98. The molecule has 0 saturated carbocycles. The molecule has 0 atom stereocenters. The molecule has 0 N–H and O–H groups in total. The van der Waals surface area contributed by atoms with E-state index in [-0.39, 0.29) is 0 Å². The van der Waals surface area contributed by atoms with Gasteiger partial charge in [-0.3, -0.25) is 0 Å². The van der Waals surface area contributed by atoms with Crippen LogP contribution in [-0.2, 0) is 56.2 Å². The topological polar surface area (TPSA) is 18.5 Å². The number of methoxy groups -OCH3 is 2. The molecule has 0 radical (unpaired) electrons. The Hall–Kier alpha value is 2.37. The molecule has 0 rings (SSSR count). The van der Waals surface area contributed by atoms with Crippen molar-refractivity contribution in [1.29, 1.82) is 0 Å². The molecule has 0 heterocycles. The molecule has 0 spiro atoms. The van der Waals surface area contributed by atoms with E-state index in [1.807, 2.05) is 0 Å². The number of rotatable bonds is 6. The van der Waals surface area contributed by atoms with E-state index in [0.29, 0.717) is 0 Å². The molecule has 0 aliphatic rings.